The van der Waals surface area contributed by atoms with E-state index in [1.807, 2.05) is 25.1 Å². The Balaban J connectivity index is 1.54. The minimum absolute atomic E-state index is 0.148. The van der Waals surface area contributed by atoms with Gasteiger partial charge in [-0.25, -0.2) is 0 Å². The molecule has 0 saturated heterocycles. The van der Waals surface area contributed by atoms with Crippen LogP contribution in [-0.2, 0) is 23.5 Å². The van der Waals surface area contributed by atoms with Gasteiger partial charge in [0.25, 0.3) is 0 Å². The number of aromatic nitrogens is 3. The fourth-order valence-electron chi connectivity index (χ4n) is 2.72. The topological polar surface area (TPSA) is 88.2 Å². The number of hydrogen-bond acceptors (Lipinski definition) is 7. The summed E-state index contributed by atoms with van der Waals surface area (Å²) in [5.41, 5.74) is 8.30. The van der Waals surface area contributed by atoms with E-state index in [4.69, 9.17) is 5.73 Å². The number of carbonyl (C=O) groups is 1. The smallest absolute Gasteiger partial charge is 0.232 e. The van der Waals surface area contributed by atoms with Crippen LogP contribution in [0.1, 0.15) is 17.0 Å². The Labute approximate surface area is 151 Å². The molecule has 2 aromatic rings. The lowest BCUT2D eigenvalue weighted by Gasteiger charge is -2.28. The molecule has 132 valence electrons. The third-order valence-electron chi connectivity index (χ3n) is 4.03. The predicted octanol–water partition coefficient (Wildman–Crippen LogP) is 1.34. The number of benzene rings is 1. The summed E-state index contributed by atoms with van der Waals surface area (Å²) in [6, 6.07) is 8.31. The van der Waals surface area contributed by atoms with E-state index < -0.39 is 0 Å². The van der Waals surface area contributed by atoms with Gasteiger partial charge in [-0.2, -0.15) is 15.0 Å². The van der Waals surface area contributed by atoms with Gasteiger partial charge in [0.05, 0.1) is 11.5 Å². The monoisotopic (exact) mass is 358 g/mol. The van der Waals surface area contributed by atoms with Gasteiger partial charge in [0.2, 0.25) is 17.8 Å². The Morgan fingerprint density at radius 1 is 1.24 bits per heavy atom. The SMILES string of the molecule is CN(C)c1nc(N)nc(CSCC(=O)N2CCc3ccccc3C2)n1. The number of nitrogens with two attached hydrogens (primary N) is 1. The van der Waals surface area contributed by atoms with E-state index in [1.165, 1.54) is 22.9 Å². The molecule has 1 aliphatic heterocycles. The number of nitrogen functional groups attached to an aromatic ring is 1. The minimum atomic E-state index is 0.148. The first-order valence-electron chi connectivity index (χ1n) is 8.13. The van der Waals surface area contributed by atoms with Crippen molar-refractivity contribution in [3.8, 4) is 0 Å². The molecule has 1 aromatic carbocycles. The predicted molar refractivity (Wildman–Crippen MR) is 100 cm³/mol. The quantitative estimate of drug-likeness (QED) is 0.863. The average molecular weight is 358 g/mol. The lowest BCUT2D eigenvalue weighted by atomic mass is 10.00. The largest absolute Gasteiger partial charge is 0.368 e. The number of amides is 1. The molecule has 7 nitrogen and oxygen atoms in total. The molecule has 2 heterocycles. The summed E-state index contributed by atoms with van der Waals surface area (Å²) in [4.78, 5) is 28.7. The summed E-state index contributed by atoms with van der Waals surface area (Å²) in [6.07, 6.45) is 0.919. The second-order valence-electron chi connectivity index (χ2n) is 6.13. The van der Waals surface area contributed by atoms with Crippen molar-refractivity contribution < 1.29 is 4.79 Å². The molecule has 8 heteroatoms. The zero-order valence-corrected chi connectivity index (χ0v) is 15.3. The number of rotatable bonds is 5. The molecule has 0 unspecified atom stereocenters. The third-order valence-corrected chi connectivity index (χ3v) is 4.94. The van der Waals surface area contributed by atoms with Crippen LogP contribution in [0.3, 0.4) is 0 Å². The van der Waals surface area contributed by atoms with Gasteiger partial charge in [0.15, 0.2) is 0 Å². The van der Waals surface area contributed by atoms with Gasteiger partial charge in [-0.15, -0.1) is 11.8 Å². The number of thioether (sulfide) groups is 1. The van der Waals surface area contributed by atoms with Crippen LogP contribution in [0.2, 0.25) is 0 Å². The van der Waals surface area contributed by atoms with Crippen LogP contribution in [0, 0.1) is 0 Å². The van der Waals surface area contributed by atoms with Gasteiger partial charge in [-0.1, -0.05) is 24.3 Å². The van der Waals surface area contributed by atoms with E-state index in [-0.39, 0.29) is 11.9 Å². The Morgan fingerprint density at radius 2 is 2.00 bits per heavy atom. The maximum Gasteiger partial charge on any atom is 0.232 e. The first kappa shape index (κ1) is 17.5. The van der Waals surface area contributed by atoms with Gasteiger partial charge in [-0.05, 0) is 17.5 Å². The fourth-order valence-corrected chi connectivity index (χ4v) is 3.49. The highest BCUT2D eigenvalue weighted by Crippen LogP contribution is 2.20. The minimum Gasteiger partial charge on any atom is -0.368 e. The van der Waals surface area contributed by atoms with E-state index in [0.717, 1.165) is 13.0 Å². The Morgan fingerprint density at radius 3 is 2.76 bits per heavy atom. The van der Waals surface area contributed by atoms with Gasteiger partial charge in [0, 0.05) is 27.2 Å². The van der Waals surface area contributed by atoms with E-state index in [0.29, 0.717) is 29.8 Å². The normalized spacial score (nSPS) is 13.4. The third kappa shape index (κ3) is 4.39. The zero-order valence-electron chi connectivity index (χ0n) is 14.5. The van der Waals surface area contributed by atoms with Crippen LogP contribution >= 0.6 is 11.8 Å². The van der Waals surface area contributed by atoms with Crippen molar-refractivity contribution >= 4 is 29.6 Å². The molecule has 0 bridgehead atoms. The van der Waals surface area contributed by atoms with Gasteiger partial charge < -0.3 is 15.5 Å². The molecule has 3 rings (SSSR count). The Hall–Kier alpha value is -2.35. The second-order valence-corrected chi connectivity index (χ2v) is 7.12. The number of hydrogen-bond donors (Lipinski definition) is 1. The van der Waals surface area contributed by atoms with Crippen LogP contribution in [0.15, 0.2) is 24.3 Å². The molecule has 0 fully saturated rings. The number of nitrogens with zero attached hydrogens (tertiary/aromatic N) is 5. The lowest BCUT2D eigenvalue weighted by molar-refractivity contribution is -0.129. The van der Waals surface area contributed by atoms with Gasteiger partial charge in [0.1, 0.15) is 5.82 Å². The molecule has 25 heavy (non-hydrogen) atoms. The number of fused-ring (bicyclic) bond motifs is 1. The molecule has 0 aliphatic carbocycles. The van der Waals surface area contributed by atoms with Crippen LogP contribution in [0.4, 0.5) is 11.9 Å². The molecular formula is C17H22N6OS. The van der Waals surface area contributed by atoms with E-state index in [2.05, 4.69) is 33.2 Å². The molecule has 1 amide bonds. The van der Waals surface area contributed by atoms with Crippen molar-refractivity contribution in [3.63, 3.8) is 0 Å². The summed E-state index contributed by atoms with van der Waals surface area (Å²) in [7, 11) is 3.70. The van der Waals surface area contributed by atoms with Crippen molar-refractivity contribution in [3.05, 3.63) is 41.2 Å². The summed E-state index contributed by atoms with van der Waals surface area (Å²) in [5.74, 6) is 2.41. The van der Waals surface area contributed by atoms with Crippen LogP contribution < -0.4 is 10.6 Å². The van der Waals surface area contributed by atoms with Crippen molar-refractivity contribution in [2.45, 2.75) is 18.7 Å². The maximum atomic E-state index is 12.5. The highest BCUT2D eigenvalue weighted by Gasteiger charge is 2.20. The van der Waals surface area contributed by atoms with E-state index in [9.17, 15) is 4.79 Å². The highest BCUT2D eigenvalue weighted by molar-refractivity contribution is 7.99. The van der Waals surface area contributed by atoms with Crippen LogP contribution in [-0.4, -0.2) is 52.2 Å². The lowest BCUT2D eigenvalue weighted by Crippen LogP contribution is -2.37. The molecule has 1 aromatic heterocycles. The maximum absolute atomic E-state index is 12.5. The van der Waals surface area contributed by atoms with Crippen molar-refractivity contribution in [2.24, 2.45) is 0 Å². The Kier molecular flexibility index (Phi) is 5.37. The van der Waals surface area contributed by atoms with Crippen LogP contribution in [0.5, 0.6) is 0 Å². The zero-order chi connectivity index (χ0) is 17.8. The average Bonchev–Trinajstić information content (AvgIpc) is 2.60. The number of anilines is 2. The van der Waals surface area contributed by atoms with Gasteiger partial charge in [-0.3, -0.25) is 4.79 Å². The van der Waals surface area contributed by atoms with Gasteiger partial charge >= 0.3 is 0 Å². The van der Waals surface area contributed by atoms with Crippen molar-refractivity contribution in [2.75, 3.05) is 37.0 Å². The summed E-state index contributed by atoms with van der Waals surface area (Å²) < 4.78 is 0. The molecule has 0 saturated carbocycles. The fraction of sp³-hybridized carbons (Fsp3) is 0.412. The molecule has 0 atom stereocenters. The first-order valence-corrected chi connectivity index (χ1v) is 9.28. The molecule has 1 aliphatic rings. The summed E-state index contributed by atoms with van der Waals surface area (Å²) in [5, 5.41) is 0. The van der Waals surface area contributed by atoms with Crippen molar-refractivity contribution in [1.29, 1.82) is 0 Å². The van der Waals surface area contributed by atoms with E-state index in [1.54, 1.807) is 4.90 Å². The van der Waals surface area contributed by atoms with E-state index >= 15 is 0 Å². The highest BCUT2D eigenvalue weighted by atomic mass is 32.2. The van der Waals surface area contributed by atoms with Crippen LogP contribution in [0.25, 0.3) is 0 Å². The first-order chi connectivity index (χ1) is 12.0. The second kappa shape index (κ2) is 7.69. The molecule has 2 N–H and O–H groups in total. The molecular weight excluding hydrogens is 336 g/mol. The van der Waals surface area contributed by atoms with Crippen molar-refractivity contribution in [1.82, 2.24) is 19.9 Å². The summed E-state index contributed by atoms with van der Waals surface area (Å²) >= 11 is 1.50. The standard InChI is InChI=1S/C17H22N6OS/c1-22(2)17-20-14(19-16(18)21-17)10-25-11-15(24)23-8-7-12-5-3-4-6-13(12)9-23/h3-6H,7-11H2,1-2H3,(H2,18,19,20,21). The summed E-state index contributed by atoms with van der Waals surface area (Å²) in [6.45, 7) is 1.47. The molecule has 0 spiro atoms. The Bertz CT molecular complexity index is 767. The number of carbonyl (C=O) groups excluding carboxylic acids is 1. The molecule has 0 radical (unpaired) electrons.